The number of aryl methyl sites for hydroxylation is 1. The zero-order valence-corrected chi connectivity index (χ0v) is 14.7. The molecule has 0 heterocycles. The fraction of sp³-hybridized carbons (Fsp3) is 0.588. The molecule has 1 N–H and O–H groups in total. The average molecular weight is 338 g/mol. The van der Waals surface area contributed by atoms with Gasteiger partial charge in [0.1, 0.15) is 6.54 Å². The van der Waals surface area contributed by atoms with Gasteiger partial charge in [0.15, 0.2) is 0 Å². The largest absolute Gasteiger partial charge is 0.352 e. The van der Waals surface area contributed by atoms with Gasteiger partial charge in [0, 0.05) is 6.04 Å². The average Bonchev–Trinajstić information content (AvgIpc) is 2.52. The van der Waals surface area contributed by atoms with E-state index in [0.29, 0.717) is 12.1 Å². The molecule has 0 saturated heterocycles. The Morgan fingerprint density at radius 2 is 1.87 bits per heavy atom. The molecule has 23 heavy (non-hydrogen) atoms. The van der Waals surface area contributed by atoms with Crippen LogP contribution in [0.4, 0.5) is 5.69 Å². The predicted octanol–water partition coefficient (Wildman–Crippen LogP) is 2.46. The van der Waals surface area contributed by atoms with Crippen LogP contribution < -0.4 is 9.62 Å². The van der Waals surface area contributed by atoms with Crippen LogP contribution in [0.1, 0.15) is 44.6 Å². The summed E-state index contributed by atoms with van der Waals surface area (Å²) < 4.78 is 25.6. The van der Waals surface area contributed by atoms with Gasteiger partial charge in [-0.1, -0.05) is 44.4 Å². The van der Waals surface area contributed by atoms with E-state index in [1.54, 1.807) is 12.1 Å². The highest BCUT2D eigenvalue weighted by Crippen LogP contribution is 2.23. The lowest BCUT2D eigenvalue weighted by Crippen LogP contribution is -2.44. The first-order valence-corrected chi connectivity index (χ1v) is 10.1. The van der Waals surface area contributed by atoms with Gasteiger partial charge in [0.25, 0.3) is 0 Å². The van der Waals surface area contributed by atoms with Crippen molar-refractivity contribution in [2.75, 3.05) is 17.1 Å². The zero-order chi connectivity index (χ0) is 16.9. The van der Waals surface area contributed by atoms with Crippen molar-refractivity contribution in [2.24, 2.45) is 0 Å². The van der Waals surface area contributed by atoms with Crippen LogP contribution >= 0.6 is 0 Å². The molecule has 128 valence electrons. The quantitative estimate of drug-likeness (QED) is 0.866. The fourth-order valence-electron chi connectivity index (χ4n) is 3.08. The van der Waals surface area contributed by atoms with Crippen LogP contribution in [0.3, 0.4) is 0 Å². The number of carbonyl (C=O) groups is 1. The fourth-order valence-corrected chi connectivity index (χ4v) is 3.97. The van der Waals surface area contributed by atoms with Crippen molar-refractivity contribution in [1.82, 2.24) is 5.32 Å². The predicted molar refractivity (Wildman–Crippen MR) is 93.0 cm³/mol. The third kappa shape index (κ3) is 4.96. The molecule has 0 spiro atoms. The van der Waals surface area contributed by atoms with Crippen molar-refractivity contribution in [3.63, 3.8) is 0 Å². The number of sulfonamides is 1. The Balaban J connectivity index is 2.14. The first-order chi connectivity index (χ1) is 10.9. The van der Waals surface area contributed by atoms with E-state index >= 15 is 0 Å². The van der Waals surface area contributed by atoms with E-state index < -0.39 is 10.0 Å². The van der Waals surface area contributed by atoms with E-state index in [4.69, 9.17) is 0 Å². The third-order valence-corrected chi connectivity index (χ3v) is 5.43. The first kappa shape index (κ1) is 17.8. The van der Waals surface area contributed by atoms with Gasteiger partial charge in [-0.15, -0.1) is 0 Å². The Morgan fingerprint density at radius 3 is 2.48 bits per heavy atom. The van der Waals surface area contributed by atoms with Gasteiger partial charge in [0.2, 0.25) is 15.9 Å². The maximum absolute atomic E-state index is 12.3. The molecule has 6 heteroatoms. The van der Waals surface area contributed by atoms with Crippen LogP contribution in [0.5, 0.6) is 0 Å². The Bertz CT molecular complexity index is 637. The lowest BCUT2D eigenvalue weighted by molar-refractivity contribution is -0.120. The van der Waals surface area contributed by atoms with Crippen LogP contribution in [0.2, 0.25) is 0 Å². The molecule has 0 aliphatic heterocycles. The summed E-state index contributed by atoms with van der Waals surface area (Å²) in [6, 6.07) is 7.51. The van der Waals surface area contributed by atoms with E-state index in [2.05, 4.69) is 5.32 Å². The number of rotatable bonds is 6. The number of amides is 1. The highest BCUT2D eigenvalue weighted by molar-refractivity contribution is 7.92. The van der Waals surface area contributed by atoms with Crippen LogP contribution in [-0.4, -0.2) is 33.2 Å². The number of nitrogens with one attached hydrogen (secondary N) is 1. The number of hydrogen-bond acceptors (Lipinski definition) is 3. The molecule has 0 bridgehead atoms. The molecule has 1 aliphatic carbocycles. The Hall–Kier alpha value is -1.56. The number of anilines is 1. The third-order valence-electron chi connectivity index (χ3n) is 4.30. The topological polar surface area (TPSA) is 66.5 Å². The van der Waals surface area contributed by atoms with Crippen molar-refractivity contribution in [1.29, 1.82) is 0 Å². The second-order valence-electron chi connectivity index (χ2n) is 6.15. The lowest BCUT2D eigenvalue weighted by Gasteiger charge is -2.27. The second-order valence-corrected chi connectivity index (χ2v) is 8.06. The molecule has 5 nitrogen and oxygen atoms in total. The Labute approximate surface area is 139 Å². The summed E-state index contributed by atoms with van der Waals surface area (Å²) in [6.07, 6.45) is 7.29. The van der Waals surface area contributed by atoms with Gasteiger partial charge in [0.05, 0.1) is 11.9 Å². The number of para-hydroxylation sites is 1. The van der Waals surface area contributed by atoms with E-state index in [-0.39, 0.29) is 18.5 Å². The SMILES string of the molecule is CCc1ccccc1N(CC(=O)NC1CCCCC1)S(C)(=O)=O. The van der Waals surface area contributed by atoms with Crippen molar-refractivity contribution < 1.29 is 13.2 Å². The van der Waals surface area contributed by atoms with Crippen molar-refractivity contribution >= 4 is 21.6 Å². The number of carbonyl (C=O) groups excluding carboxylic acids is 1. The molecule has 1 aromatic rings. The van der Waals surface area contributed by atoms with E-state index in [0.717, 1.165) is 37.5 Å². The summed E-state index contributed by atoms with van der Waals surface area (Å²) in [4.78, 5) is 12.3. The molecule has 1 aromatic carbocycles. The molecule has 1 aliphatic rings. The lowest BCUT2D eigenvalue weighted by atomic mass is 9.95. The van der Waals surface area contributed by atoms with Gasteiger partial charge in [-0.3, -0.25) is 9.10 Å². The molecule has 2 rings (SSSR count). The van der Waals surface area contributed by atoms with Gasteiger partial charge in [-0.05, 0) is 30.9 Å². The minimum atomic E-state index is -3.51. The number of benzene rings is 1. The van der Waals surface area contributed by atoms with Crippen molar-refractivity contribution in [3.8, 4) is 0 Å². The maximum Gasteiger partial charge on any atom is 0.240 e. The molecule has 0 aromatic heterocycles. The molecular formula is C17H26N2O3S. The van der Waals surface area contributed by atoms with Crippen LogP contribution in [-0.2, 0) is 21.2 Å². The first-order valence-electron chi connectivity index (χ1n) is 8.26. The maximum atomic E-state index is 12.3. The normalized spacial score (nSPS) is 16.1. The van der Waals surface area contributed by atoms with E-state index in [9.17, 15) is 13.2 Å². The zero-order valence-electron chi connectivity index (χ0n) is 13.9. The molecule has 0 radical (unpaired) electrons. The number of nitrogens with zero attached hydrogens (tertiary/aromatic N) is 1. The standard InChI is InChI=1S/C17H26N2O3S/c1-3-14-9-7-8-12-16(14)19(23(2,21)22)13-17(20)18-15-10-5-4-6-11-15/h7-9,12,15H,3-6,10-11,13H2,1-2H3,(H,18,20). The smallest absolute Gasteiger partial charge is 0.240 e. The highest BCUT2D eigenvalue weighted by atomic mass is 32.2. The van der Waals surface area contributed by atoms with Crippen molar-refractivity contribution in [2.45, 2.75) is 51.5 Å². The number of hydrogen-bond donors (Lipinski definition) is 1. The summed E-state index contributed by atoms with van der Waals surface area (Å²) in [7, 11) is -3.51. The summed E-state index contributed by atoms with van der Waals surface area (Å²) in [6.45, 7) is 1.81. The summed E-state index contributed by atoms with van der Waals surface area (Å²) in [5.74, 6) is -0.228. The van der Waals surface area contributed by atoms with E-state index in [1.807, 2.05) is 19.1 Å². The van der Waals surface area contributed by atoms with Crippen LogP contribution in [0.15, 0.2) is 24.3 Å². The molecule has 1 amide bonds. The van der Waals surface area contributed by atoms with Gasteiger partial charge >= 0.3 is 0 Å². The molecular weight excluding hydrogens is 312 g/mol. The minimum Gasteiger partial charge on any atom is -0.352 e. The van der Waals surface area contributed by atoms with Gasteiger partial charge < -0.3 is 5.32 Å². The second kappa shape index (κ2) is 7.81. The van der Waals surface area contributed by atoms with E-state index in [1.165, 1.54) is 10.7 Å². The van der Waals surface area contributed by atoms with Crippen LogP contribution in [0.25, 0.3) is 0 Å². The van der Waals surface area contributed by atoms with Gasteiger partial charge in [-0.25, -0.2) is 8.42 Å². The molecule has 0 atom stereocenters. The monoisotopic (exact) mass is 338 g/mol. The van der Waals surface area contributed by atoms with Gasteiger partial charge in [-0.2, -0.15) is 0 Å². The molecule has 1 saturated carbocycles. The van der Waals surface area contributed by atoms with Crippen LogP contribution in [0, 0.1) is 0 Å². The summed E-state index contributed by atoms with van der Waals surface area (Å²) >= 11 is 0. The Morgan fingerprint density at radius 1 is 1.22 bits per heavy atom. The minimum absolute atomic E-state index is 0.160. The summed E-state index contributed by atoms with van der Waals surface area (Å²) in [5.41, 5.74) is 1.51. The Kier molecular flexibility index (Phi) is 6.04. The molecule has 1 fully saturated rings. The summed E-state index contributed by atoms with van der Waals surface area (Å²) in [5, 5.41) is 2.98. The molecule has 0 unspecified atom stereocenters. The van der Waals surface area contributed by atoms with Crippen molar-refractivity contribution in [3.05, 3.63) is 29.8 Å². The highest BCUT2D eigenvalue weighted by Gasteiger charge is 2.24.